The maximum absolute atomic E-state index is 12.2. The van der Waals surface area contributed by atoms with E-state index in [-0.39, 0.29) is 6.03 Å². The van der Waals surface area contributed by atoms with Gasteiger partial charge in [0.2, 0.25) is 0 Å². The van der Waals surface area contributed by atoms with Crippen molar-refractivity contribution in [1.29, 1.82) is 0 Å². The van der Waals surface area contributed by atoms with Crippen LogP contribution in [0.2, 0.25) is 0 Å². The minimum absolute atomic E-state index is 0.135. The highest BCUT2D eigenvalue weighted by Crippen LogP contribution is 2.25. The van der Waals surface area contributed by atoms with Crippen molar-refractivity contribution in [1.82, 2.24) is 10.2 Å². The largest absolute Gasteiger partial charge is 0.371 e. The first-order chi connectivity index (χ1) is 12.1. The quantitative estimate of drug-likeness (QED) is 0.826. The van der Waals surface area contributed by atoms with Crippen molar-refractivity contribution in [2.45, 2.75) is 26.2 Å². The van der Waals surface area contributed by atoms with Gasteiger partial charge in [-0.15, -0.1) is 0 Å². The molecule has 5 nitrogen and oxygen atoms in total. The third-order valence-electron chi connectivity index (χ3n) is 5.24. The first-order valence-corrected chi connectivity index (χ1v) is 9.36. The molecule has 1 saturated heterocycles. The number of nitrogens with zero attached hydrogens (tertiary/aromatic N) is 2. The molecule has 0 spiro atoms. The molecular formula is C20H30N4O. The van der Waals surface area contributed by atoms with E-state index in [1.807, 2.05) is 12.1 Å². The van der Waals surface area contributed by atoms with E-state index in [9.17, 15) is 4.79 Å². The van der Waals surface area contributed by atoms with Crippen molar-refractivity contribution in [2.75, 3.05) is 50.0 Å². The van der Waals surface area contributed by atoms with Gasteiger partial charge in [0.05, 0.1) is 0 Å². The summed E-state index contributed by atoms with van der Waals surface area (Å²) >= 11 is 0. The Hall–Kier alpha value is -2.01. The zero-order valence-corrected chi connectivity index (χ0v) is 15.4. The molecule has 0 aliphatic carbocycles. The van der Waals surface area contributed by atoms with Gasteiger partial charge < -0.3 is 20.4 Å². The molecule has 1 aromatic rings. The number of amides is 2. The summed E-state index contributed by atoms with van der Waals surface area (Å²) in [7, 11) is 2.11. The highest BCUT2D eigenvalue weighted by Gasteiger charge is 2.16. The highest BCUT2D eigenvalue weighted by atomic mass is 16.2. The van der Waals surface area contributed by atoms with E-state index in [1.165, 1.54) is 24.1 Å². The van der Waals surface area contributed by atoms with Gasteiger partial charge in [0.1, 0.15) is 0 Å². The summed E-state index contributed by atoms with van der Waals surface area (Å²) in [6.07, 6.45) is 5.71. The number of piperidine rings is 1. The van der Waals surface area contributed by atoms with Crippen LogP contribution in [0.25, 0.3) is 0 Å². The third-order valence-corrected chi connectivity index (χ3v) is 5.24. The van der Waals surface area contributed by atoms with Gasteiger partial charge in [0.15, 0.2) is 0 Å². The van der Waals surface area contributed by atoms with Gasteiger partial charge in [0, 0.05) is 44.1 Å². The first-order valence-electron chi connectivity index (χ1n) is 9.36. The fraction of sp³-hybridized carbons (Fsp3) is 0.550. The number of rotatable bonds is 4. The molecule has 0 unspecified atom stereocenters. The zero-order valence-electron chi connectivity index (χ0n) is 15.4. The number of benzene rings is 1. The van der Waals surface area contributed by atoms with Crippen molar-refractivity contribution in [2.24, 2.45) is 5.92 Å². The Morgan fingerprint density at radius 2 is 2.04 bits per heavy atom. The topological polar surface area (TPSA) is 47.6 Å². The van der Waals surface area contributed by atoms with Crippen LogP contribution in [0.1, 0.15) is 26.2 Å². The summed E-state index contributed by atoms with van der Waals surface area (Å²) in [6.45, 7) is 7.17. The Bertz CT molecular complexity index is 620. The number of likely N-dealkylation sites (N-methyl/N-ethyl adjacent to an activating group) is 1. The third kappa shape index (κ3) is 5.23. The summed E-state index contributed by atoms with van der Waals surface area (Å²) in [4.78, 5) is 16.9. The summed E-state index contributed by atoms with van der Waals surface area (Å²) in [6, 6.07) is 8.03. The molecule has 1 aromatic carbocycles. The summed E-state index contributed by atoms with van der Waals surface area (Å²) in [5.41, 5.74) is 3.36. The molecule has 3 rings (SSSR count). The Balaban J connectivity index is 1.50. The van der Waals surface area contributed by atoms with E-state index in [0.717, 1.165) is 44.2 Å². The molecule has 2 heterocycles. The number of urea groups is 1. The number of carbonyl (C=O) groups is 1. The normalized spacial score (nSPS) is 19.4. The Labute approximate surface area is 151 Å². The first kappa shape index (κ1) is 17.8. The molecule has 2 aliphatic rings. The van der Waals surface area contributed by atoms with Gasteiger partial charge in [-0.2, -0.15) is 0 Å². The average molecular weight is 342 g/mol. The smallest absolute Gasteiger partial charge is 0.319 e. The molecule has 5 heteroatoms. The van der Waals surface area contributed by atoms with Crippen molar-refractivity contribution in [3.05, 3.63) is 35.9 Å². The van der Waals surface area contributed by atoms with Crippen LogP contribution in [-0.4, -0.2) is 50.7 Å². The van der Waals surface area contributed by atoms with E-state index in [4.69, 9.17) is 0 Å². The predicted octanol–water partition coefficient (Wildman–Crippen LogP) is 3.31. The SMILES string of the molecule is CC1CCN(c2cccc(NC(=O)NCC3=CCN(C)CC3)c2)CC1. The number of nitrogens with one attached hydrogen (secondary N) is 2. The lowest BCUT2D eigenvalue weighted by atomic mass is 9.99. The number of hydrogen-bond acceptors (Lipinski definition) is 3. The minimum atomic E-state index is -0.135. The molecule has 0 bridgehead atoms. The van der Waals surface area contributed by atoms with Crippen LogP contribution in [0.3, 0.4) is 0 Å². The molecule has 0 aromatic heterocycles. The van der Waals surface area contributed by atoms with Crippen LogP contribution < -0.4 is 15.5 Å². The van der Waals surface area contributed by atoms with E-state index in [0.29, 0.717) is 6.54 Å². The van der Waals surface area contributed by atoms with Gasteiger partial charge >= 0.3 is 6.03 Å². The Morgan fingerprint density at radius 3 is 2.76 bits per heavy atom. The van der Waals surface area contributed by atoms with Crippen molar-refractivity contribution < 1.29 is 4.79 Å². The molecule has 25 heavy (non-hydrogen) atoms. The summed E-state index contributed by atoms with van der Waals surface area (Å²) in [5, 5.41) is 5.93. The second kappa shape index (κ2) is 8.39. The van der Waals surface area contributed by atoms with Gasteiger partial charge in [-0.25, -0.2) is 4.79 Å². The highest BCUT2D eigenvalue weighted by molar-refractivity contribution is 5.90. The van der Waals surface area contributed by atoms with Gasteiger partial charge in [-0.1, -0.05) is 24.6 Å². The second-order valence-electron chi connectivity index (χ2n) is 7.40. The Morgan fingerprint density at radius 1 is 1.24 bits per heavy atom. The van der Waals surface area contributed by atoms with Crippen LogP contribution in [0.5, 0.6) is 0 Å². The average Bonchev–Trinajstić information content (AvgIpc) is 2.62. The van der Waals surface area contributed by atoms with E-state index in [2.05, 4.69) is 52.6 Å². The lowest BCUT2D eigenvalue weighted by molar-refractivity contribution is 0.252. The molecule has 0 radical (unpaired) electrons. The molecule has 1 fully saturated rings. The van der Waals surface area contributed by atoms with Crippen LogP contribution in [0.15, 0.2) is 35.9 Å². The molecule has 2 N–H and O–H groups in total. The van der Waals surface area contributed by atoms with Gasteiger partial charge in [0.25, 0.3) is 0 Å². The fourth-order valence-electron chi connectivity index (χ4n) is 3.39. The lowest BCUT2D eigenvalue weighted by Gasteiger charge is -2.32. The molecule has 2 amide bonds. The van der Waals surface area contributed by atoms with Gasteiger partial charge in [-0.3, -0.25) is 0 Å². The summed E-state index contributed by atoms with van der Waals surface area (Å²) in [5.74, 6) is 0.817. The maximum atomic E-state index is 12.2. The minimum Gasteiger partial charge on any atom is -0.371 e. The monoisotopic (exact) mass is 342 g/mol. The van der Waals surface area contributed by atoms with Crippen molar-refractivity contribution in [3.8, 4) is 0 Å². The van der Waals surface area contributed by atoms with E-state index >= 15 is 0 Å². The Kier molecular flexibility index (Phi) is 5.97. The molecule has 2 aliphatic heterocycles. The predicted molar refractivity (Wildman–Crippen MR) is 104 cm³/mol. The van der Waals surface area contributed by atoms with Crippen molar-refractivity contribution in [3.63, 3.8) is 0 Å². The van der Waals surface area contributed by atoms with Crippen LogP contribution in [0, 0.1) is 5.92 Å². The zero-order chi connectivity index (χ0) is 17.6. The molecule has 0 atom stereocenters. The van der Waals surface area contributed by atoms with Crippen LogP contribution in [0.4, 0.5) is 16.2 Å². The van der Waals surface area contributed by atoms with Crippen molar-refractivity contribution >= 4 is 17.4 Å². The number of carbonyl (C=O) groups excluding carboxylic acids is 1. The van der Waals surface area contributed by atoms with Crippen LogP contribution in [-0.2, 0) is 0 Å². The van der Waals surface area contributed by atoms with E-state index in [1.54, 1.807) is 0 Å². The number of anilines is 2. The summed E-state index contributed by atoms with van der Waals surface area (Å²) < 4.78 is 0. The van der Waals surface area contributed by atoms with Gasteiger partial charge in [-0.05, 0) is 50.4 Å². The second-order valence-corrected chi connectivity index (χ2v) is 7.40. The molecule has 136 valence electrons. The number of hydrogen-bond donors (Lipinski definition) is 2. The lowest BCUT2D eigenvalue weighted by Crippen LogP contribution is -2.34. The van der Waals surface area contributed by atoms with Crippen LogP contribution >= 0.6 is 0 Å². The standard InChI is InChI=1S/C20H30N4O/c1-16-6-12-24(13-7-16)19-5-3-4-18(14-19)22-20(25)21-15-17-8-10-23(2)11-9-17/h3-5,8,14,16H,6-7,9-13,15H2,1-2H3,(H2,21,22,25). The maximum Gasteiger partial charge on any atom is 0.319 e. The fourth-order valence-corrected chi connectivity index (χ4v) is 3.39. The molecular weight excluding hydrogens is 312 g/mol. The molecule has 0 saturated carbocycles. The van der Waals surface area contributed by atoms with E-state index < -0.39 is 0 Å².